The van der Waals surface area contributed by atoms with E-state index in [1.165, 1.54) is 0 Å². The van der Waals surface area contributed by atoms with Crippen molar-refractivity contribution < 1.29 is 5.11 Å². The van der Waals surface area contributed by atoms with Crippen LogP contribution < -0.4 is 0 Å². The Morgan fingerprint density at radius 1 is 1.50 bits per heavy atom. The molecule has 1 aromatic rings. The molecule has 0 aliphatic rings. The number of aryl methyl sites for hydroxylation is 2. The second-order valence-corrected chi connectivity index (χ2v) is 4.79. The van der Waals surface area contributed by atoms with Gasteiger partial charge in [-0.1, -0.05) is 11.6 Å². The van der Waals surface area contributed by atoms with Crippen molar-refractivity contribution in [1.82, 2.24) is 14.7 Å². The molecule has 0 spiro atoms. The summed E-state index contributed by atoms with van der Waals surface area (Å²) in [5.41, 5.74) is 1.85. The van der Waals surface area contributed by atoms with E-state index in [2.05, 4.69) is 10.00 Å². The van der Waals surface area contributed by atoms with Gasteiger partial charge >= 0.3 is 0 Å². The SMILES string of the molecule is Cc1nn(C)c(Cl)c1CC(O)CCN(C)C. The summed E-state index contributed by atoms with van der Waals surface area (Å²) >= 11 is 6.10. The number of hydrogen-bond donors (Lipinski definition) is 1. The van der Waals surface area contributed by atoms with Gasteiger partial charge in [-0.25, -0.2) is 0 Å². The third-order valence-electron chi connectivity index (χ3n) is 2.62. The summed E-state index contributed by atoms with van der Waals surface area (Å²) in [6, 6.07) is 0. The molecule has 0 radical (unpaired) electrons. The predicted molar refractivity (Wildman–Crippen MR) is 65.8 cm³/mol. The molecule has 0 saturated heterocycles. The van der Waals surface area contributed by atoms with E-state index in [9.17, 15) is 5.11 Å². The van der Waals surface area contributed by atoms with Crippen LogP contribution in [0.15, 0.2) is 0 Å². The van der Waals surface area contributed by atoms with Gasteiger partial charge in [0.15, 0.2) is 0 Å². The van der Waals surface area contributed by atoms with Crippen LogP contribution in [-0.2, 0) is 13.5 Å². The van der Waals surface area contributed by atoms with Crippen LogP contribution in [0, 0.1) is 6.92 Å². The minimum Gasteiger partial charge on any atom is -0.393 e. The molecule has 5 heteroatoms. The van der Waals surface area contributed by atoms with Gasteiger partial charge in [0.05, 0.1) is 11.8 Å². The first kappa shape index (κ1) is 13.5. The van der Waals surface area contributed by atoms with Gasteiger partial charge in [-0.2, -0.15) is 5.10 Å². The quantitative estimate of drug-likeness (QED) is 0.849. The van der Waals surface area contributed by atoms with E-state index < -0.39 is 0 Å². The van der Waals surface area contributed by atoms with E-state index in [4.69, 9.17) is 11.6 Å². The zero-order valence-electron chi connectivity index (χ0n) is 10.4. The second kappa shape index (κ2) is 5.66. The predicted octanol–water partition coefficient (Wildman–Crippen LogP) is 1.24. The van der Waals surface area contributed by atoms with E-state index in [-0.39, 0.29) is 6.10 Å². The Balaban J connectivity index is 2.59. The fraction of sp³-hybridized carbons (Fsp3) is 0.727. The number of halogens is 1. The Kier molecular flexibility index (Phi) is 4.77. The fourth-order valence-corrected chi connectivity index (χ4v) is 1.90. The minimum atomic E-state index is -0.359. The zero-order valence-corrected chi connectivity index (χ0v) is 11.1. The van der Waals surface area contributed by atoms with E-state index in [0.717, 1.165) is 24.2 Å². The van der Waals surface area contributed by atoms with Crippen molar-refractivity contribution in [3.05, 3.63) is 16.4 Å². The summed E-state index contributed by atoms with van der Waals surface area (Å²) in [6.45, 7) is 2.79. The number of nitrogens with zero attached hydrogens (tertiary/aromatic N) is 3. The van der Waals surface area contributed by atoms with Gasteiger partial charge in [0, 0.05) is 19.0 Å². The lowest BCUT2D eigenvalue weighted by molar-refractivity contribution is 0.152. The van der Waals surface area contributed by atoms with Gasteiger partial charge in [-0.05, 0) is 34.0 Å². The van der Waals surface area contributed by atoms with E-state index in [1.807, 2.05) is 28.1 Å². The van der Waals surface area contributed by atoms with Gasteiger partial charge in [0.25, 0.3) is 0 Å². The molecule has 1 atom stereocenters. The van der Waals surface area contributed by atoms with Crippen molar-refractivity contribution >= 4 is 11.6 Å². The van der Waals surface area contributed by atoms with Gasteiger partial charge < -0.3 is 10.0 Å². The smallest absolute Gasteiger partial charge is 0.130 e. The first-order chi connectivity index (χ1) is 7.41. The van der Waals surface area contributed by atoms with Crippen LogP contribution in [0.2, 0.25) is 5.15 Å². The monoisotopic (exact) mass is 245 g/mol. The van der Waals surface area contributed by atoms with Crippen molar-refractivity contribution in [1.29, 1.82) is 0 Å². The lowest BCUT2D eigenvalue weighted by Crippen LogP contribution is -2.21. The Morgan fingerprint density at radius 2 is 2.12 bits per heavy atom. The highest BCUT2D eigenvalue weighted by Gasteiger charge is 2.15. The highest BCUT2D eigenvalue weighted by molar-refractivity contribution is 6.30. The molecule has 0 saturated carbocycles. The standard InChI is InChI=1S/C11H20ClN3O/c1-8-10(11(12)15(4)13-8)7-9(16)5-6-14(2)3/h9,16H,5-7H2,1-4H3. The molecule has 0 aromatic carbocycles. The van der Waals surface area contributed by atoms with Crippen molar-refractivity contribution in [3.8, 4) is 0 Å². The topological polar surface area (TPSA) is 41.3 Å². The van der Waals surface area contributed by atoms with Crippen LogP contribution in [0.3, 0.4) is 0 Å². The van der Waals surface area contributed by atoms with E-state index >= 15 is 0 Å². The highest BCUT2D eigenvalue weighted by Crippen LogP contribution is 2.20. The molecule has 0 fully saturated rings. The largest absolute Gasteiger partial charge is 0.393 e. The zero-order chi connectivity index (χ0) is 12.3. The van der Waals surface area contributed by atoms with Crippen LogP contribution in [0.1, 0.15) is 17.7 Å². The summed E-state index contributed by atoms with van der Waals surface area (Å²) in [6.07, 6.45) is 0.965. The summed E-state index contributed by atoms with van der Waals surface area (Å²) in [5, 5.41) is 14.7. The summed E-state index contributed by atoms with van der Waals surface area (Å²) in [4.78, 5) is 2.06. The Morgan fingerprint density at radius 3 is 2.56 bits per heavy atom. The highest BCUT2D eigenvalue weighted by atomic mass is 35.5. The molecule has 0 aliphatic heterocycles. The number of aliphatic hydroxyl groups excluding tert-OH is 1. The van der Waals surface area contributed by atoms with Gasteiger partial charge in [0.1, 0.15) is 5.15 Å². The molecule has 92 valence electrons. The first-order valence-corrected chi connectivity index (χ1v) is 5.80. The second-order valence-electron chi connectivity index (χ2n) is 4.43. The third-order valence-corrected chi connectivity index (χ3v) is 3.09. The summed E-state index contributed by atoms with van der Waals surface area (Å²) in [7, 11) is 5.80. The Hall–Kier alpha value is -0.580. The fourth-order valence-electron chi connectivity index (χ4n) is 1.65. The van der Waals surface area contributed by atoms with Crippen molar-refractivity contribution in [2.45, 2.75) is 25.9 Å². The lowest BCUT2D eigenvalue weighted by Gasteiger charge is -2.14. The maximum Gasteiger partial charge on any atom is 0.130 e. The van der Waals surface area contributed by atoms with Gasteiger partial charge in [-0.15, -0.1) is 0 Å². The minimum absolute atomic E-state index is 0.359. The van der Waals surface area contributed by atoms with Gasteiger partial charge in [-0.3, -0.25) is 4.68 Å². The van der Waals surface area contributed by atoms with Crippen molar-refractivity contribution in [2.75, 3.05) is 20.6 Å². The summed E-state index contributed by atoms with van der Waals surface area (Å²) in [5.74, 6) is 0. The van der Waals surface area contributed by atoms with Gasteiger partial charge in [0.2, 0.25) is 0 Å². The molecular formula is C11H20ClN3O. The van der Waals surface area contributed by atoms with Crippen molar-refractivity contribution in [3.63, 3.8) is 0 Å². The Bertz CT molecular complexity index is 349. The number of aliphatic hydroxyl groups is 1. The Labute approximate surface area is 102 Å². The maximum atomic E-state index is 9.89. The van der Waals surface area contributed by atoms with Crippen LogP contribution in [-0.4, -0.2) is 46.5 Å². The molecule has 1 heterocycles. The molecule has 0 bridgehead atoms. The third kappa shape index (κ3) is 3.47. The number of aromatic nitrogens is 2. The van der Waals surface area contributed by atoms with E-state index in [1.54, 1.807) is 4.68 Å². The van der Waals surface area contributed by atoms with Crippen molar-refractivity contribution in [2.24, 2.45) is 7.05 Å². The molecular weight excluding hydrogens is 226 g/mol. The van der Waals surface area contributed by atoms with Crippen LogP contribution in [0.5, 0.6) is 0 Å². The van der Waals surface area contributed by atoms with E-state index in [0.29, 0.717) is 11.6 Å². The molecule has 4 nitrogen and oxygen atoms in total. The van der Waals surface area contributed by atoms with Crippen LogP contribution in [0.25, 0.3) is 0 Å². The molecule has 0 aliphatic carbocycles. The maximum absolute atomic E-state index is 9.89. The molecule has 16 heavy (non-hydrogen) atoms. The molecule has 1 rings (SSSR count). The normalized spacial score (nSPS) is 13.4. The molecule has 1 aromatic heterocycles. The number of rotatable bonds is 5. The van der Waals surface area contributed by atoms with Crippen LogP contribution >= 0.6 is 11.6 Å². The average molecular weight is 246 g/mol. The summed E-state index contributed by atoms with van der Waals surface area (Å²) < 4.78 is 1.64. The average Bonchev–Trinajstić information content (AvgIpc) is 2.42. The molecule has 0 amide bonds. The lowest BCUT2D eigenvalue weighted by atomic mass is 10.1. The van der Waals surface area contributed by atoms with Crippen LogP contribution in [0.4, 0.5) is 0 Å². The molecule has 1 unspecified atom stereocenters. The first-order valence-electron chi connectivity index (χ1n) is 5.42. The molecule has 1 N–H and O–H groups in total. The number of hydrogen-bond acceptors (Lipinski definition) is 3.